The Kier molecular flexibility index (Phi) is 6.54. The van der Waals surface area contributed by atoms with Crippen LogP contribution in [0.25, 0.3) is 11.4 Å². The van der Waals surface area contributed by atoms with Gasteiger partial charge in [0.1, 0.15) is 17.2 Å². The number of amides is 2. The predicted molar refractivity (Wildman–Crippen MR) is 129 cm³/mol. The quantitative estimate of drug-likeness (QED) is 0.349. The van der Waals surface area contributed by atoms with Gasteiger partial charge in [-0.05, 0) is 59.4 Å². The van der Waals surface area contributed by atoms with E-state index in [4.69, 9.17) is 4.74 Å². The van der Waals surface area contributed by atoms with Gasteiger partial charge in [-0.15, -0.1) is 10.2 Å². The van der Waals surface area contributed by atoms with E-state index in [0.29, 0.717) is 17.8 Å². The second kappa shape index (κ2) is 10.1. The molecule has 188 valence electrons. The van der Waals surface area contributed by atoms with Crippen LogP contribution in [0.15, 0.2) is 42.5 Å². The van der Waals surface area contributed by atoms with Crippen LogP contribution in [0.4, 0.5) is 4.39 Å². The fraction of sp³-hybridized carbons (Fsp3) is 0.240. The van der Waals surface area contributed by atoms with Crippen LogP contribution in [0, 0.1) is 12.7 Å². The van der Waals surface area contributed by atoms with Crippen molar-refractivity contribution in [3.8, 4) is 17.4 Å². The molecule has 0 bridgehead atoms. The average molecular weight is 503 g/mol. The van der Waals surface area contributed by atoms with Gasteiger partial charge < -0.3 is 15.4 Å². The topological polar surface area (TPSA) is 148 Å². The van der Waals surface area contributed by atoms with Crippen LogP contribution in [0.1, 0.15) is 55.7 Å². The summed E-state index contributed by atoms with van der Waals surface area (Å²) in [5.41, 5.74) is 4.12. The molecule has 0 saturated heterocycles. The van der Waals surface area contributed by atoms with Crippen LogP contribution >= 0.6 is 0 Å². The predicted octanol–water partition coefficient (Wildman–Crippen LogP) is 2.46. The summed E-state index contributed by atoms with van der Waals surface area (Å²) in [6.07, 6.45) is 1.49. The molecule has 5 rings (SSSR count). The van der Waals surface area contributed by atoms with E-state index in [2.05, 4.69) is 41.2 Å². The lowest BCUT2D eigenvalue weighted by Gasteiger charge is -2.15. The van der Waals surface area contributed by atoms with Gasteiger partial charge in [0.25, 0.3) is 11.8 Å². The van der Waals surface area contributed by atoms with Gasteiger partial charge >= 0.3 is 6.01 Å². The number of aryl methyl sites for hydroxylation is 2. The van der Waals surface area contributed by atoms with Gasteiger partial charge in [0, 0.05) is 18.2 Å². The molecular formula is C25H23FN8O3. The van der Waals surface area contributed by atoms with Crippen molar-refractivity contribution in [1.82, 2.24) is 41.2 Å². The lowest BCUT2D eigenvalue weighted by molar-refractivity contribution is 0.0930. The van der Waals surface area contributed by atoms with Crippen molar-refractivity contribution in [3.05, 3.63) is 81.9 Å². The molecule has 0 aliphatic heterocycles. The molecule has 2 aromatic carbocycles. The van der Waals surface area contributed by atoms with Crippen molar-refractivity contribution >= 4 is 11.8 Å². The number of ether oxygens (including phenoxy) is 1. The molecule has 12 heteroatoms. The molecule has 0 radical (unpaired) electrons. The van der Waals surface area contributed by atoms with E-state index in [1.807, 2.05) is 18.2 Å². The maximum atomic E-state index is 13.5. The SMILES string of the molecule is COc1nc(C(=O)NCc2ccc(F)c(C)c2)cc(C(=O)N[C@H]2CCc3cc(-c4nn[nH]n4)ccc32)n1. The first-order valence-electron chi connectivity index (χ1n) is 11.5. The van der Waals surface area contributed by atoms with Crippen LogP contribution in [-0.4, -0.2) is 49.5 Å². The van der Waals surface area contributed by atoms with Crippen LogP contribution in [-0.2, 0) is 13.0 Å². The highest BCUT2D eigenvalue weighted by Crippen LogP contribution is 2.33. The lowest BCUT2D eigenvalue weighted by atomic mass is 10.0. The largest absolute Gasteiger partial charge is 0.467 e. The van der Waals surface area contributed by atoms with Gasteiger partial charge in [0.05, 0.1) is 13.2 Å². The maximum absolute atomic E-state index is 13.5. The summed E-state index contributed by atoms with van der Waals surface area (Å²) < 4.78 is 18.6. The first-order valence-corrected chi connectivity index (χ1v) is 11.5. The Morgan fingerprint density at radius 1 is 1.11 bits per heavy atom. The Morgan fingerprint density at radius 2 is 1.92 bits per heavy atom. The smallest absolute Gasteiger partial charge is 0.317 e. The minimum absolute atomic E-state index is 0.00601. The maximum Gasteiger partial charge on any atom is 0.317 e. The third kappa shape index (κ3) is 5.13. The van der Waals surface area contributed by atoms with Crippen molar-refractivity contribution in [1.29, 1.82) is 0 Å². The minimum Gasteiger partial charge on any atom is -0.467 e. The second-order valence-electron chi connectivity index (χ2n) is 8.61. The molecular weight excluding hydrogens is 479 g/mol. The molecule has 0 saturated carbocycles. The number of rotatable bonds is 7. The van der Waals surface area contributed by atoms with E-state index in [0.717, 1.165) is 28.7 Å². The van der Waals surface area contributed by atoms with Gasteiger partial charge in [-0.2, -0.15) is 15.2 Å². The monoisotopic (exact) mass is 502 g/mol. The molecule has 0 spiro atoms. The number of carbonyl (C=O) groups excluding carboxylic acids is 2. The van der Waals surface area contributed by atoms with E-state index in [-0.39, 0.29) is 35.8 Å². The molecule has 4 aromatic rings. The Bertz CT molecular complexity index is 1480. The summed E-state index contributed by atoms with van der Waals surface area (Å²) >= 11 is 0. The highest BCUT2D eigenvalue weighted by atomic mass is 19.1. The third-order valence-electron chi connectivity index (χ3n) is 6.16. The van der Waals surface area contributed by atoms with Crippen molar-refractivity contribution in [3.63, 3.8) is 0 Å². The summed E-state index contributed by atoms with van der Waals surface area (Å²) in [5.74, 6) is -0.784. The number of benzene rings is 2. The van der Waals surface area contributed by atoms with Gasteiger partial charge in [-0.1, -0.05) is 24.3 Å². The fourth-order valence-electron chi connectivity index (χ4n) is 4.26. The van der Waals surface area contributed by atoms with Crippen molar-refractivity contribution in [2.75, 3.05) is 7.11 Å². The number of tetrazole rings is 1. The number of nitrogens with zero attached hydrogens (tertiary/aromatic N) is 5. The fourth-order valence-corrected chi connectivity index (χ4v) is 4.26. The number of hydrogen-bond acceptors (Lipinski definition) is 8. The van der Waals surface area contributed by atoms with E-state index >= 15 is 0 Å². The third-order valence-corrected chi connectivity index (χ3v) is 6.16. The molecule has 1 aliphatic rings. The van der Waals surface area contributed by atoms with E-state index in [9.17, 15) is 14.0 Å². The Labute approximate surface area is 210 Å². The average Bonchev–Trinajstić information content (AvgIpc) is 3.59. The van der Waals surface area contributed by atoms with Gasteiger partial charge in [0.2, 0.25) is 5.82 Å². The number of H-pyrrole nitrogens is 1. The Morgan fingerprint density at radius 3 is 2.65 bits per heavy atom. The number of carbonyl (C=O) groups is 2. The van der Waals surface area contributed by atoms with Gasteiger partial charge in [-0.3, -0.25) is 9.59 Å². The van der Waals surface area contributed by atoms with Crippen molar-refractivity contribution in [2.24, 2.45) is 0 Å². The lowest BCUT2D eigenvalue weighted by Crippen LogP contribution is -2.29. The highest BCUT2D eigenvalue weighted by Gasteiger charge is 2.26. The number of aromatic nitrogens is 6. The number of aromatic amines is 1. The molecule has 11 nitrogen and oxygen atoms in total. The van der Waals surface area contributed by atoms with Crippen LogP contribution in [0.3, 0.4) is 0 Å². The number of fused-ring (bicyclic) bond motifs is 1. The number of halogens is 1. The molecule has 37 heavy (non-hydrogen) atoms. The number of methoxy groups -OCH3 is 1. The zero-order chi connectivity index (χ0) is 25.9. The summed E-state index contributed by atoms with van der Waals surface area (Å²) in [5, 5.41) is 19.8. The van der Waals surface area contributed by atoms with Crippen molar-refractivity contribution in [2.45, 2.75) is 32.4 Å². The molecule has 2 amide bonds. The zero-order valence-corrected chi connectivity index (χ0v) is 20.1. The summed E-state index contributed by atoms with van der Waals surface area (Å²) in [7, 11) is 1.36. The van der Waals surface area contributed by atoms with E-state index in [1.54, 1.807) is 19.1 Å². The molecule has 3 N–H and O–H groups in total. The Hall–Kier alpha value is -4.74. The molecule has 2 heterocycles. The molecule has 0 fully saturated rings. The first-order chi connectivity index (χ1) is 17.9. The highest BCUT2D eigenvalue weighted by molar-refractivity contribution is 5.97. The standard InChI is InChI=1S/C25H23FN8O3/c1-13-9-14(3-7-18(13)26)12-27-23(35)20-11-21(30-25(29-20)37-2)24(36)28-19-8-5-15-10-16(4-6-17(15)19)22-31-33-34-32-22/h3-4,6-7,9-11,19H,5,8,12H2,1-2H3,(H,27,35)(H,28,36)(H,31,32,33,34)/t19-/m0/s1. The van der Waals surface area contributed by atoms with Crippen LogP contribution in [0.5, 0.6) is 6.01 Å². The molecule has 1 atom stereocenters. The zero-order valence-electron chi connectivity index (χ0n) is 20.1. The normalized spacial score (nSPS) is 14.2. The van der Waals surface area contributed by atoms with Crippen LogP contribution in [0.2, 0.25) is 0 Å². The minimum atomic E-state index is -0.517. The second-order valence-corrected chi connectivity index (χ2v) is 8.61. The molecule has 2 aromatic heterocycles. The number of nitrogens with one attached hydrogen (secondary N) is 3. The van der Waals surface area contributed by atoms with Gasteiger partial charge in [0.15, 0.2) is 0 Å². The summed E-state index contributed by atoms with van der Waals surface area (Å²) in [6, 6.07) is 11.4. The summed E-state index contributed by atoms with van der Waals surface area (Å²) in [4.78, 5) is 34.1. The summed E-state index contributed by atoms with van der Waals surface area (Å²) in [6.45, 7) is 1.81. The molecule has 0 unspecified atom stereocenters. The van der Waals surface area contributed by atoms with E-state index in [1.165, 1.54) is 19.2 Å². The molecule has 1 aliphatic carbocycles. The van der Waals surface area contributed by atoms with E-state index < -0.39 is 11.8 Å². The van der Waals surface area contributed by atoms with Gasteiger partial charge in [-0.25, -0.2) is 4.39 Å². The van der Waals surface area contributed by atoms with Crippen LogP contribution < -0.4 is 15.4 Å². The Balaban J connectivity index is 1.29. The number of hydrogen-bond donors (Lipinski definition) is 3. The van der Waals surface area contributed by atoms with Crippen molar-refractivity contribution < 1.29 is 18.7 Å². The first kappa shape index (κ1) is 24.0.